The number of aromatic nitrogens is 1. The molecule has 1 saturated heterocycles. The van der Waals surface area contributed by atoms with Gasteiger partial charge in [0.15, 0.2) is 0 Å². The maximum atomic E-state index is 12.0. The Hall–Kier alpha value is -1.83. The number of amides is 1. The van der Waals surface area contributed by atoms with Crippen molar-refractivity contribution in [1.29, 1.82) is 0 Å². The summed E-state index contributed by atoms with van der Waals surface area (Å²) >= 11 is 3.34. The zero-order valence-electron chi connectivity index (χ0n) is 15.7. The van der Waals surface area contributed by atoms with Crippen LogP contribution in [0.3, 0.4) is 0 Å². The lowest BCUT2D eigenvalue weighted by Crippen LogP contribution is -2.41. The van der Waals surface area contributed by atoms with Gasteiger partial charge < -0.3 is 19.7 Å². The van der Waals surface area contributed by atoms with Gasteiger partial charge in [0.2, 0.25) is 0 Å². The molecular formula is C18H26BrN3O4. The zero-order valence-corrected chi connectivity index (χ0v) is 17.3. The molecule has 0 radical (unpaired) electrons. The van der Waals surface area contributed by atoms with Crippen LogP contribution >= 0.6 is 15.9 Å². The van der Waals surface area contributed by atoms with Crippen molar-refractivity contribution in [2.24, 2.45) is 5.92 Å². The molecule has 0 bridgehead atoms. The summed E-state index contributed by atoms with van der Waals surface area (Å²) in [5, 5.41) is 2.83. The fourth-order valence-corrected chi connectivity index (χ4v) is 3.17. The summed E-state index contributed by atoms with van der Waals surface area (Å²) in [6, 6.07) is 1.73. The van der Waals surface area contributed by atoms with Gasteiger partial charge in [0, 0.05) is 30.3 Å². The summed E-state index contributed by atoms with van der Waals surface area (Å²) < 4.78 is 10.9. The molecule has 0 saturated carbocycles. The minimum atomic E-state index is -0.495. The first-order chi connectivity index (χ1) is 12.2. The molecular weight excluding hydrogens is 402 g/mol. The number of rotatable bonds is 4. The van der Waals surface area contributed by atoms with E-state index in [1.165, 1.54) is 7.11 Å². The van der Waals surface area contributed by atoms with Gasteiger partial charge >= 0.3 is 12.1 Å². The molecule has 1 aliphatic heterocycles. The molecule has 26 heavy (non-hydrogen) atoms. The first-order valence-electron chi connectivity index (χ1n) is 8.65. The van der Waals surface area contributed by atoms with Crippen LogP contribution in [0.5, 0.6) is 0 Å². The molecule has 7 nitrogen and oxygen atoms in total. The molecule has 1 fully saturated rings. The van der Waals surface area contributed by atoms with Crippen molar-refractivity contribution in [3.05, 3.63) is 22.3 Å². The molecule has 0 aliphatic carbocycles. The van der Waals surface area contributed by atoms with E-state index in [2.05, 4.69) is 31.1 Å². The standard InChI is InChI=1S/C18H26BrN3O4/c1-18(2,3)26-17(24)21-10-12-5-7-22(8-6-12)15-14(16(23)25-4)9-13(19)11-20-15/h9,11-12H,5-8,10H2,1-4H3,(H,21,24). The highest BCUT2D eigenvalue weighted by atomic mass is 79.9. The molecule has 0 atom stereocenters. The van der Waals surface area contributed by atoms with Crippen molar-refractivity contribution in [3.8, 4) is 0 Å². The highest BCUT2D eigenvalue weighted by Gasteiger charge is 2.25. The van der Waals surface area contributed by atoms with E-state index >= 15 is 0 Å². The topological polar surface area (TPSA) is 80.8 Å². The molecule has 0 spiro atoms. The SMILES string of the molecule is COC(=O)c1cc(Br)cnc1N1CCC(CNC(=O)OC(C)(C)C)CC1. The predicted octanol–water partition coefficient (Wildman–Crippen LogP) is 3.37. The van der Waals surface area contributed by atoms with Crippen molar-refractivity contribution >= 4 is 33.8 Å². The molecule has 0 aromatic carbocycles. The van der Waals surface area contributed by atoms with E-state index in [9.17, 15) is 9.59 Å². The Bertz CT molecular complexity index is 652. The van der Waals surface area contributed by atoms with Gasteiger partial charge in [-0.3, -0.25) is 0 Å². The van der Waals surface area contributed by atoms with Crippen molar-refractivity contribution in [2.75, 3.05) is 31.6 Å². The van der Waals surface area contributed by atoms with Gasteiger partial charge in [-0.2, -0.15) is 0 Å². The molecule has 1 amide bonds. The van der Waals surface area contributed by atoms with Gasteiger partial charge in [-0.25, -0.2) is 14.6 Å². The number of pyridine rings is 1. The van der Waals surface area contributed by atoms with E-state index in [-0.39, 0.29) is 6.09 Å². The van der Waals surface area contributed by atoms with E-state index in [4.69, 9.17) is 9.47 Å². The summed E-state index contributed by atoms with van der Waals surface area (Å²) in [6.07, 6.45) is 3.09. The van der Waals surface area contributed by atoms with Crippen molar-refractivity contribution in [3.63, 3.8) is 0 Å². The number of carbonyl (C=O) groups excluding carboxylic acids is 2. The van der Waals surface area contributed by atoms with Gasteiger partial charge in [0.25, 0.3) is 0 Å². The van der Waals surface area contributed by atoms with Crippen LogP contribution in [-0.4, -0.2) is 49.4 Å². The van der Waals surface area contributed by atoms with Crippen LogP contribution in [0.25, 0.3) is 0 Å². The average molecular weight is 428 g/mol. The Kier molecular flexibility index (Phi) is 6.86. The van der Waals surface area contributed by atoms with E-state index in [0.717, 1.165) is 30.4 Å². The lowest BCUT2D eigenvalue weighted by atomic mass is 9.96. The van der Waals surface area contributed by atoms with E-state index in [0.29, 0.717) is 23.8 Å². The number of carbonyl (C=O) groups is 2. The van der Waals surface area contributed by atoms with Gasteiger partial charge in [0.1, 0.15) is 17.0 Å². The molecule has 0 unspecified atom stereocenters. The maximum Gasteiger partial charge on any atom is 0.407 e. The smallest absolute Gasteiger partial charge is 0.407 e. The molecule has 1 aromatic heterocycles. The number of alkyl carbamates (subject to hydrolysis) is 1. The average Bonchev–Trinajstić information content (AvgIpc) is 2.58. The van der Waals surface area contributed by atoms with Crippen molar-refractivity contribution in [1.82, 2.24) is 10.3 Å². The zero-order chi connectivity index (χ0) is 19.3. The number of halogens is 1. The van der Waals surface area contributed by atoms with Crippen LogP contribution in [-0.2, 0) is 9.47 Å². The molecule has 8 heteroatoms. The van der Waals surface area contributed by atoms with Crippen molar-refractivity contribution in [2.45, 2.75) is 39.2 Å². The van der Waals surface area contributed by atoms with Gasteiger partial charge in [-0.05, 0) is 61.5 Å². The number of methoxy groups -OCH3 is 1. The Balaban J connectivity index is 1.91. The third-order valence-corrected chi connectivity index (χ3v) is 4.52. The second-order valence-corrected chi connectivity index (χ2v) is 8.25. The molecule has 2 heterocycles. The molecule has 1 aromatic rings. The Morgan fingerprint density at radius 1 is 1.35 bits per heavy atom. The fourth-order valence-electron chi connectivity index (χ4n) is 2.83. The number of hydrogen-bond acceptors (Lipinski definition) is 6. The van der Waals surface area contributed by atoms with Crippen molar-refractivity contribution < 1.29 is 19.1 Å². The normalized spacial score (nSPS) is 15.5. The number of nitrogens with one attached hydrogen (secondary N) is 1. The lowest BCUT2D eigenvalue weighted by Gasteiger charge is -2.33. The third kappa shape index (κ3) is 5.86. The number of hydrogen-bond donors (Lipinski definition) is 1. The van der Waals surface area contributed by atoms with Crippen LogP contribution in [0.1, 0.15) is 44.0 Å². The Labute approximate surface area is 162 Å². The van der Waals surface area contributed by atoms with Crippen LogP contribution in [0.2, 0.25) is 0 Å². The molecule has 2 rings (SSSR count). The summed E-state index contributed by atoms with van der Waals surface area (Å²) in [5.74, 6) is 0.608. The summed E-state index contributed by atoms with van der Waals surface area (Å²) in [6.45, 7) is 7.64. The Morgan fingerprint density at radius 2 is 2.00 bits per heavy atom. The minimum Gasteiger partial charge on any atom is -0.465 e. The second kappa shape index (κ2) is 8.70. The van der Waals surface area contributed by atoms with Gasteiger partial charge in [0.05, 0.1) is 7.11 Å². The van der Waals surface area contributed by atoms with Crippen LogP contribution < -0.4 is 10.2 Å². The third-order valence-electron chi connectivity index (χ3n) is 4.09. The molecule has 144 valence electrons. The number of esters is 1. The van der Waals surface area contributed by atoms with Gasteiger partial charge in [-0.15, -0.1) is 0 Å². The van der Waals surface area contributed by atoms with Crippen LogP contribution in [0.15, 0.2) is 16.7 Å². The lowest BCUT2D eigenvalue weighted by molar-refractivity contribution is 0.0515. The number of piperidine rings is 1. The highest BCUT2D eigenvalue weighted by molar-refractivity contribution is 9.10. The largest absolute Gasteiger partial charge is 0.465 e. The van der Waals surface area contributed by atoms with E-state index in [1.54, 1.807) is 12.3 Å². The molecule has 1 aliphatic rings. The summed E-state index contributed by atoms with van der Waals surface area (Å²) in [5.41, 5.74) is -0.0439. The Morgan fingerprint density at radius 3 is 2.58 bits per heavy atom. The van der Waals surface area contributed by atoms with E-state index in [1.807, 2.05) is 20.8 Å². The predicted molar refractivity (Wildman–Crippen MR) is 102 cm³/mol. The van der Waals surface area contributed by atoms with E-state index < -0.39 is 11.6 Å². The summed E-state index contributed by atoms with van der Waals surface area (Å²) in [7, 11) is 1.36. The number of ether oxygens (including phenoxy) is 2. The minimum absolute atomic E-state index is 0.371. The van der Waals surface area contributed by atoms with Crippen LogP contribution in [0, 0.1) is 5.92 Å². The van der Waals surface area contributed by atoms with Gasteiger partial charge in [-0.1, -0.05) is 0 Å². The van der Waals surface area contributed by atoms with Crippen LogP contribution in [0.4, 0.5) is 10.6 Å². The number of anilines is 1. The number of nitrogens with zero attached hydrogens (tertiary/aromatic N) is 2. The quantitative estimate of drug-likeness (QED) is 0.741. The summed E-state index contributed by atoms with van der Waals surface area (Å²) in [4.78, 5) is 30.3. The second-order valence-electron chi connectivity index (χ2n) is 7.33. The first kappa shape index (κ1) is 20.5. The maximum absolute atomic E-state index is 12.0. The monoisotopic (exact) mass is 427 g/mol. The first-order valence-corrected chi connectivity index (χ1v) is 9.44. The fraction of sp³-hybridized carbons (Fsp3) is 0.611. The highest BCUT2D eigenvalue weighted by Crippen LogP contribution is 2.27. The molecule has 1 N–H and O–H groups in total.